The average Bonchev–Trinajstić information content (AvgIpc) is 2.09. The van der Waals surface area contributed by atoms with Gasteiger partial charge in [-0.15, -0.1) is 0 Å². The van der Waals surface area contributed by atoms with E-state index in [1.807, 2.05) is 0 Å². The fourth-order valence-corrected chi connectivity index (χ4v) is 0.861. The van der Waals surface area contributed by atoms with Crippen molar-refractivity contribution in [2.75, 3.05) is 7.11 Å². The van der Waals surface area contributed by atoms with Gasteiger partial charge in [-0.05, 0) is 23.8 Å². The number of aromatic hydroxyl groups is 1. The lowest BCUT2D eigenvalue weighted by Crippen LogP contribution is -1.89. The number of phenolic OH excluding ortho intramolecular Hbond substituents is 1. The van der Waals surface area contributed by atoms with Crippen molar-refractivity contribution < 1.29 is 9.84 Å². The molecule has 0 spiro atoms. The van der Waals surface area contributed by atoms with Crippen molar-refractivity contribution in [1.82, 2.24) is 0 Å². The zero-order chi connectivity index (χ0) is 8.97. The average molecular weight is 166 g/mol. The first kappa shape index (κ1) is 8.39. The van der Waals surface area contributed by atoms with E-state index in [-0.39, 0.29) is 5.75 Å². The highest BCUT2D eigenvalue weighted by Gasteiger charge is 1.99. The summed E-state index contributed by atoms with van der Waals surface area (Å²) in [5.74, 6) is 5.47. The van der Waals surface area contributed by atoms with E-state index in [1.165, 1.54) is 19.4 Å². The second-order valence-electron chi connectivity index (χ2n) is 2.21. The van der Waals surface area contributed by atoms with Crippen LogP contribution in [0.5, 0.6) is 11.5 Å². The van der Waals surface area contributed by atoms with Gasteiger partial charge >= 0.3 is 0 Å². The van der Waals surface area contributed by atoms with Gasteiger partial charge in [-0.3, -0.25) is 0 Å². The van der Waals surface area contributed by atoms with Crippen molar-refractivity contribution in [3.8, 4) is 11.5 Å². The van der Waals surface area contributed by atoms with E-state index in [0.29, 0.717) is 5.75 Å². The van der Waals surface area contributed by atoms with Gasteiger partial charge in [-0.2, -0.15) is 5.10 Å². The van der Waals surface area contributed by atoms with E-state index in [0.717, 1.165) is 5.56 Å². The van der Waals surface area contributed by atoms with Crippen LogP contribution >= 0.6 is 0 Å². The summed E-state index contributed by atoms with van der Waals surface area (Å²) in [6.45, 7) is 0. The maximum absolute atomic E-state index is 9.20. The van der Waals surface area contributed by atoms with Crippen molar-refractivity contribution in [1.29, 1.82) is 0 Å². The highest BCUT2D eigenvalue weighted by Crippen LogP contribution is 2.25. The predicted molar refractivity (Wildman–Crippen MR) is 46.4 cm³/mol. The minimum absolute atomic E-state index is 0.103. The van der Waals surface area contributed by atoms with Crippen molar-refractivity contribution in [3.63, 3.8) is 0 Å². The maximum atomic E-state index is 9.20. The highest BCUT2D eigenvalue weighted by molar-refractivity contribution is 5.80. The van der Waals surface area contributed by atoms with E-state index in [4.69, 9.17) is 10.6 Å². The van der Waals surface area contributed by atoms with Crippen molar-refractivity contribution >= 4 is 6.21 Å². The molecule has 0 fully saturated rings. The molecule has 64 valence electrons. The minimum Gasteiger partial charge on any atom is -0.504 e. The molecule has 0 amide bonds. The Morgan fingerprint density at radius 1 is 1.58 bits per heavy atom. The second kappa shape index (κ2) is 3.61. The molecule has 0 atom stereocenters. The van der Waals surface area contributed by atoms with Gasteiger partial charge in [-0.25, -0.2) is 0 Å². The Hall–Kier alpha value is -1.71. The fraction of sp³-hybridized carbons (Fsp3) is 0.125. The van der Waals surface area contributed by atoms with E-state index in [1.54, 1.807) is 12.1 Å². The summed E-state index contributed by atoms with van der Waals surface area (Å²) in [6.07, 6.45) is 1.47. The Kier molecular flexibility index (Phi) is 2.53. The van der Waals surface area contributed by atoms with Gasteiger partial charge in [0.25, 0.3) is 0 Å². The van der Waals surface area contributed by atoms with Crippen molar-refractivity contribution in [2.45, 2.75) is 0 Å². The molecule has 4 nitrogen and oxygen atoms in total. The highest BCUT2D eigenvalue weighted by atomic mass is 16.5. The van der Waals surface area contributed by atoms with Crippen LogP contribution in [0.15, 0.2) is 23.3 Å². The summed E-state index contributed by atoms with van der Waals surface area (Å²) in [7, 11) is 1.48. The van der Waals surface area contributed by atoms with Crippen LogP contribution in [-0.2, 0) is 0 Å². The molecule has 1 aromatic rings. The molecule has 0 radical (unpaired) electrons. The molecule has 1 aromatic carbocycles. The standard InChI is InChI=1S/C8H10N2O2/c1-12-8-4-6(5-10-9)2-3-7(8)11/h2-5,11H,9H2,1H3/b10-5+. The SMILES string of the molecule is COc1cc(/C=N/N)ccc1O. The van der Waals surface area contributed by atoms with Crippen LogP contribution in [0.3, 0.4) is 0 Å². The number of benzene rings is 1. The monoisotopic (exact) mass is 166 g/mol. The van der Waals surface area contributed by atoms with Gasteiger partial charge in [-0.1, -0.05) is 0 Å². The molecule has 0 aliphatic heterocycles. The Bertz CT molecular complexity index is 297. The molecule has 0 aromatic heterocycles. The quantitative estimate of drug-likeness (QED) is 0.386. The number of rotatable bonds is 2. The number of methoxy groups -OCH3 is 1. The zero-order valence-electron chi connectivity index (χ0n) is 6.69. The van der Waals surface area contributed by atoms with E-state index >= 15 is 0 Å². The Morgan fingerprint density at radius 2 is 2.33 bits per heavy atom. The number of hydrazone groups is 1. The number of nitrogens with zero attached hydrogens (tertiary/aromatic N) is 1. The molecule has 0 saturated carbocycles. The summed E-state index contributed by atoms with van der Waals surface area (Å²) in [6, 6.07) is 4.86. The molecule has 4 heteroatoms. The van der Waals surface area contributed by atoms with Gasteiger partial charge in [0.1, 0.15) is 0 Å². The lowest BCUT2D eigenvalue weighted by atomic mass is 10.2. The number of phenols is 1. The molecule has 0 saturated heterocycles. The van der Waals surface area contributed by atoms with Crippen LogP contribution in [-0.4, -0.2) is 18.4 Å². The third kappa shape index (κ3) is 1.66. The van der Waals surface area contributed by atoms with Gasteiger partial charge in [0, 0.05) is 0 Å². The van der Waals surface area contributed by atoms with Crippen LogP contribution in [0.1, 0.15) is 5.56 Å². The molecule has 0 bridgehead atoms. The Labute approximate surface area is 70.3 Å². The minimum atomic E-state index is 0.103. The molecule has 0 unspecified atom stereocenters. The first-order chi connectivity index (χ1) is 5.77. The molecule has 0 aliphatic carbocycles. The van der Waals surface area contributed by atoms with Crippen molar-refractivity contribution in [3.05, 3.63) is 23.8 Å². The van der Waals surface area contributed by atoms with E-state index in [2.05, 4.69) is 5.10 Å². The maximum Gasteiger partial charge on any atom is 0.161 e. The second-order valence-corrected chi connectivity index (χ2v) is 2.21. The molecule has 0 aliphatic rings. The van der Waals surface area contributed by atoms with Crippen LogP contribution in [0.25, 0.3) is 0 Å². The number of ether oxygens (including phenoxy) is 1. The van der Waals surface area contributed by atoms with E-state index < -0.39 is 0 Å². The topological polar surface area (TPSA) is 67.8 Å². The van der Waals surface area contributed by atoms with Crippen LogP contribution in [0.2, 0.25) is 0 Å². The molecule has 1 rings (SSSR count). The molecule has 0 heterocycles. The molecule has 3 N–H and O–H groups in total. The summed E-state index contributed by atoms with van der Waals surface area (Å²) in [5, 5.41) is 12.6. The van der Waals surface area contributed by atoms with Crippen LogP contribution in [0, 0.1) is 0 Å². The molecule has 12 heavy (non-hydrogen) atoms. The van der Waals surface area contributed by atoms with Gasteiger partial charge < -0.3 is 15.7 Å². The first-order valence-corrected chi connectivity index (χ1v) is 3.38. The van der Waals surface area contributed by atoms with Crippen LogP contribution in [0.4, 0.5) is 0 Å². The molecular formula is C8H10N2O2. The fourth-order valence-electron chi connectivity index (χ4n) is 0.861. The summed E-state index contributed by atoms with van der Waals surface area (Å²) < 4.78 is 4.88. The van der Waals surface area contributed by atoms with E-state index in [9.17, 15) is 5.11 Å². The van der Waals surface area contributed by atoms with Gasteiger partial charge in [0.15, 0.2) is 11.5 Å². The third-order valence-corrected chi connectivity index (χ3v) is 1.43. The normalized spacial score (nSPS) is 10.4. The number of hydrogen-bond acceptors (Lipinski definition) is 4. The van der Waals surface area contributed by atoms with Gasteiger partial charge in [0.2, 0.25) is 0 Å². The number of hydrogen-bond donors (Lipinski definition) is 2. The Morgan fingerprint density at radius 3 is 2.92 bits per heavy atom. The number of nitrogens with two attached hydrogens (primary N) is 1. The summed E-state index contributed by atoms with van der Waals surface area (Å²) in [4.78, 5) is 0. The first-order valence-electron chi connectivity index (χ1n) is 3.38. The summed E-state index contributed by atoms with van der Waals surface area (Å²) in [5.41, 5.74) is 0.784. The zero-order valence-corrected chi connectivity index (χ0v) is 6.69. The van der Waals surface area contributed by atoms with Gasteiger partial charge in [0.05, 0.1) is 13.3 Å². The lowest BCUT2D eigenvalue weighted by Gasteiger charge is -2.02. The summed E-state index contributed by atoms with van der Waals surface area (Å²) >= 11 is 0. The smallest absolute Gasteiger partial charge is 0.161 e. The predicted octanol–water partition coefficient (Wildman–Crippen LogP) is 0.693. The Balaban J connectivity index is 3.05. The lowest BCUT2D eigenvalue weighted by molar-refractivity contribution is 0.373. The van der Waals surface area contributed by atoms with Crippen LogP contribution < -0.4 is 10.6 Å². The third-order valence-electron chi connectivity index (χ3n) is 1.43. The van der Waals surface area contributed by atoms with Crippen molar-refractivity contribution in [2.24, 2.45) is 10.9 Å². The largest absolute Gasteiger partial charge is 0.504 e. The molecular weight excluding hydrogens is 156 g/mol.